The second kappa shape index (κ2) is 6.19. The van der Waals surface area contributed by atoms with Crippen LogP contribution in [0.5, 0.6) is 0 Å². The first-order valence-corrected chi connectivity index (χ1v) is 6.51. The van der Waals surface area contributed by atoms with E-state index < -0.39 is 0 Å². The lowest BCUT2D eigenvalue weighted by molar-refractivity contribution is -0.115. The Morgan fingerprint density at radius 2 is 1.95 bits per heavy atom. The topological polar surface area (TPSA) is 55.1 Å². The molecule has 0 aliphatic carbocycles. The van der Waals surface area contributed by atoms with Gasteiger partial charge in [0.25, 0.3) is 0 Å². The van der Waals surface area contributed by atoms with Crippen molar-refractivity contribution in [2.24, 2.45) is 0 Å². The van der Waals surface area contributed by atoms with E-state index in [2.05, 4.69) is 5.32 Å². The summed E-state index contributed by atoms with van der Waals surface area (Å²) in [4.78, 5) is 11.9. The molecule has 0 fully saturated rings. The zero-order valence-corrected chi connectivity index (χ0v) is 11.3. The molecule has 4 heteroatoms. The Labute approximate surface area is 117 Å². The largest absolute Gasteiger partial charge is 0.398 e. The van der Waals surface area contributed by atoms with E-state index in [1.165, 1.54) is 6.07 Å². The van der Waals surface area contributed by atoms with Crippen LogP contribution in [0.15, 0.2) is 42.5 Å². The molecular formula is C16H17FN2O. The van der Waals surface area contributed by atoms with Crippen molar-refractivity contribution in [2.75, 3.05) is 11.1 Å². The highest BCUT2D eigenvalue weighted by molar-refractivity contribution is 5.92. The normalized spacial score (nSPS) is 10.3. The van der Waals surface area contributed by atoms with Crippen LogP contribution in [-0.4, -0.2) is 5.91 Å². The first-order chi connectivity index (χ1) is 9.60. The number of benzene rings is 2. The molecule has 2 rings (SSSR count). The average Bonchev–Trinajstić information content (AvgIpc) is 2.41. The predicted octanol–water partition coefficient (Wildman–Crippen LogP) is 3.15. The highest BCUT2D eigenvalue weighted by Gasteiger charge is 2.08. The Hall–Kier alpha value is -2.36. The standard InChI is InChI=1S/C16H17FN2O/c1-2-11-7-8-13(10-15(11)18)19-16(20)9-12-5-3-4-6-14(12)17/h3-8,10H,2,9,18H2,1H3,(H,19,20). The van der Waals surface area contributed by atoms with Crippen molar-refractivity contribution in [3.8, 4) is 0 Å². The third-order valence-electron chi connectivity index (χ3n) is 3.12. The fraction of sp³-hybridized carbons (Fsp3) is 0.188. The van der Waals surface area contributed by atoms with E-state index in [9.17, 15) is 9.18 Å². The number of carbonyl (C=O) groups excluding carboxylic acids is 1. The van der Waals surface area contributed by atoms with Crippen LogP contribution < -0.4 is 11.1 Å². The minimum Gasteiger partial charge on any atom is -0.398 e. The summed E-state index contributed by atoms with van der Waals surface area (Å²) < 4.78 is 13.5. The van der Waals surface area contributed by atoms with Gasteiger partial charge in [0.2, 0.25) is 5.91 Å². The van der Waals surface area contributed by atoms with Crippen molar-refractivity contribution in [3.05, 3.63) is 59.4 Å². The zero-order valence-electron chi connectivity index (χ0n) is 11.3. The van der Waals surface area contributed by atoms with Crippen molar-refractivity contribution in [1.29, 1.82) is 0 Å². The maximum absolute atomic E-state index is 13.5. The summed E-state index contributed by atoms with van der Waals surface area (Å²) in [6.45, 7) is 2.02. The molecule has 1 amide bonds. The minimum atomic E-state index is -0.372. The summed E-state index contributed by atoms with van der Waals surface area (Å²) in [5.41, 5.74) is 8.57. The lowest BCUT2D eigenvalue weighted by Gasteiger charge is -2.09. The van der Waals surface area contributed by atoms with E-state index in [1.54, 1.807) is 30.3 Å². The fourth-order valence-electron chi connectivity index (χ4n) is 2.01. The maximum Gasteiger partial charge on any atom is 0.228 e. The Kier molecular flexibility index (Phi) is 4.35. The van der Waals surface area contributed by atoms with Crippen LogP contribution in [0.25, 0.3) is 0 Å². The van der Waals surface area contributed by atoms with Crippen molar-refractivity contribution in [1.82, 2.24) is 0 Å². The molecule has 3 nitrogen and oxygen atoms in total. The Bertz CT molecular complexity index is 626. The third-order valence-corrected chi connectivity index (χ3v) is 3.12. The summed E-state index contributed by atoms with van der Waals surface area (Å²) in [5, 5.41) is 2.72. The number of anilines is 2. The highest BCUT2D eigenvalue weighted by Crippen LogP contribution is 2.19. The van der Waals surface area contributed by atoms with Gasteiger partial charge in [-0.2, -0.15) is 0 Å². The van der Waals surface area contributed by atoms with E-state index in [0.29, 0.717) is 16.9 Å². The zero-order chi connectivity index (χ0) is 14.5. The maximum atomic E-state index is 13.5. The van der Waals surface area contributed by atoms with Gasteiger partial charge in [-0.1, -0.05) is 31.2 Å². The van der Waals surface area contributed by atoms with E-state index in [1.807, 2.05) is 13.0 Å². The third kappa shape index (κ3) is 3.35. The highest BCUT2D eigenvalue weighted by atomic mass is 19.1. The lowest BCUT2D eigenvalue weighted by atomic mass is 10.1. The van der Waals surface area contributed by atoms with Gasteiger partial charge in [-0.15, -0.1) is 0 Å². The van der Waals surface area contributed by atoms with E-state index >= 15 is 0 Å². The molecule has 0 unspecified atom stereocenters. The number of hydrogen-bond acceptors (Lipinski definition) is 2. The molecule has 0 atom stereocenters. The van der Waals surface area contributed by atoms with Crippen LogP contribution in [0.4, 0.5) is 15.8 Å². The Morgan fingerprint density at radius 1 is 1.20 bits per heavy atom. The number of nitrogen functional groups attached to an aromatic ring is 1. The number of nitrogens with one attached hydrogen (secondary N) is 1. The molecule has 0 heterocycles. The first kappa shape index (κ1) is 14.1. The van der Waals surface area contributed by atoms with Crippen molar-refractivity contribution < 1.29 is 9.18 Å². The molecule has 0 bridgehead atoms. The van der Waals surface area contributed by atoms with Gasteiger partial charge in [-0.25, -0.2) is 4.39 Å². The molecule has 3 N–H and O–H groups in total. The molecule has 0 saturated carbocycles. The summed E-state index contributed by atoms with van der Waals surface area (Å²) in [5.74, 6) is -0.637. The fourth-order valence-corrected chi connectivity index (χ4v) is 2.01. The van der Waals surface area contributed by atoms with E-state index in [0.717, 1.165) is 12.0 Å². The summed E-state index contributed by atoms with van der Waals surface area (Å²) in [6, 6.07) is 11.7. The summed E-state index contributed by atoms with van der Waals surface area (Å²) in [6.07, 6.45) is 0.845. The van der Waals surface area contributed by atoms with Gasteiger partial charge in [0.05, 0.1) is 6.42 Å². The lowest BCUT2D eigenvalue weighted by Crippen LogP contribution is -2.15. The van der Waals surface area contributed by atoms with Gasteiger partial charge < -0.3 is 11.1 Å². The quantitative estimate of drug-likeness (QED) is 0.840. The van der Waals surface area contributed by atoms with Crippen molar-refractivity contribution in [2.45, 2.75) is 19.8 Å². The minimum absolute atomic E-state index is 0.00209. The predicted molar refractivity (Wildman–Crippen MR) is 79.0 cm³/mol. The van der Waals surface area contributed by atoms with Gasteiger partial charge >= 0.3 is 0 Å². The first-order valence-electron chi connectivity index (χ1n) is 6.51. The smallest absolute Gasteiger partial charge is 0.228 e. The molecule has 0 aromatic heterocycles. The van der Waals surface area contributed by atoms with E-state index in [-0.39, 0.29) is 18.1 Å². The van der Waals surface area contributed by atoms with Crippen LogP contribution in [0.3, 0.4) is 0 Å². The number of hydrogen-bond donors (Lipinski definition) is 2. The van der Waals surface area contributed by atoms with Crippen molar-refractivity contribution >= 4 is 17.3 Å². The summed E-state index contributed by atoms with van der Waals surface area (Å²) >= 11 is 0. The number of rotatable bonds is 4. The number of halogens is 1. The Morgan fingerprint density at radius 3 is 2.60 bits per heavy atom. The number of aryl methyl sites for hydroxylation is 1. The van der Waals surface area contributed by atoms with Gasteiger partial charge in [-0.3, -0.25) is 4.79 Å². The van der Waals surface area contributed by atoms with Gasteiger partial charge in [0.15, 0.2) is 0 Å². The molecule has 0 radical (unpaired) electrons. The molecule has 2 aromatic carbocycles. The second-order valence-electron chi connectivity index (χ2n) is 4.58. The number of amides is 1. The molecular weight excluding hydrogens is 255 g/mol. The molecule has 2 aromatic rings. The molecule has 0 saturated heterocycles. The monoisotopic (exact) mass is 272 g/mol. The number of nitrogens with two attached hydrogens (primary N) is 1. The van der Waals surface area contributed by atoms with Crippen molar-refractivity contribution in [3.63, 3.8) is 0 Å². The van der Waals surface area contributed by atoms with Gasteiger partial charge in [0, 0.05) is 11.4 Å². The molecule has 0 aliphatic heterocycles. The van der Waals surface area contributed by atoms with Crippen LogP contribution in [0, 0.1) is 5.82 Å². The van der Waals surface area contributed by atoms with Crippen LogP contribution >= 0.6 is 0 Å². The van der Waals surface area contributed by atoms with Gasteiger partial charge in [0.1, 0.15) is 5.82 Å². The average molecular weight is 272 g/mol. The molecule has 104 valence electrons. The molecule has 20 heavy (non-hydrogen) atoms. The van der Waals surface area contributed by atoms with Crippen LogP contribution in [-0.2, 0) is 17.6 Å². The summed E-state index contributed by atoms with van der Waals surface area (Å²) in [7, 11) is 0. The van der Waals surface area contributed by atoms with E-state index in [4.69, 9.17) is 5.73 Å². The van der Waals surface area contributed by atoms with Crippen LogP contribution in [0.2, 0.25) is 0 Å². The molecule has 0 aliphatic rings. The SMILES string of the molecule is CCc1ccc(NC(=O)Cc2ccccc2F)cc1N. The van der Waals surface area contributed by atoms with Crippen LogP contribution in [0.1, 0.15) is 18.1 Å². The Balaban J connectivity index is 2.05. The van der Waals surface area contributed by atoms with Gasteiger partial charge in [-0.05, 0) is 35.7 Å². The number of carbonyl (C=O) groups is 1. The second-order valence-corrected chi connectivity index (χ2v) is 4.58. The molecule has 0 spiro atoms.